The van der Waals surface area contributed by atoms with Crippen molar-refractivity contribution >= 4 is 18.1 Å². The molecule has 0 radical (unpaired) electrons. The van der Waals surface area contributed by atoms with Crippen molar-refractivity contribution in [1.29, 1.82) is 5.41 Å². The summed E-state index contributed by atoms with van der Waals surface area (Å²) < 4.78 is 0. The summed E-state index contributed by atoms with van der Waals surface area (Å²) in [6.45, 7) is 1.36. The molecule has 0 aromatic carbocycles. The topological polar surface area (TPSA) is 90.3 Å². The second-order valence-electron chi connectivity index (χ2n) is 2.09. The molecule has 3 N–H and O–H groups in total. The van der Waals surface area contributed by atoms with Gasteiger partial charge in [0.15, 0.2) is 0 Å². The molecule has 0 aliphatic rings. The summed E-state index contributed by atoms with van der Waals surface area (Å²) in [7, 11) is 0. The van der Waals surface area contributed by atoms with Crippen molar-refractivity contribution in [3.8, 4) is 0 Å². The Morgan fingerprint density at radius 3 is 2.58 bits per heavy atom. The van der Waals surface area contributed by atoms with Crippen molar-refractivity contribution in [3.05, 3.63) is 12.2 Å². The van der Waals surface area contributed by atoms with E-state index in [0.29, 0.717) is 0 Å². The number of rotatable bonds is 4. The molecule has 0 saturated heterocycles. The molecule has 0 aromatic heterocycles. The highest BCUT2D eigenvalue weighted by atomic mass is 16.4. The lowest BCUT2D eigenvalue weighted by Gasteiger charge is -2.05. The van der Waals surface area contributed by atoms with Gasteiger partial charge in [0.2, 0.25) is 5.91 Å². The highest BCUT2D eigenvalue weighted by Gasteiger charge is 2.11. The van der Waals surface area contributed by atoms with Crippen LogP contribution in [0.15, 0.2) is 12.2 Å². The summed E-state index contributed by atoms with van der Waals surface area (Å²) >= 11 is 0. The molecule has 1 atom stereocenters. The number of carboxylic acids is 1. The van der Waals surface area contributed by atoms with Crippen LogP contribution in [0.4, 0.5) is 0 Å². The largest absolute Gasteiger partial charge is 0.480 e. The van der Waals surface area contributed by atoms with Crippen molar-refractivity contribution in [2.45, 2.75) is 13.0 Å². The number of carbonyl (C=O) groups excluding carboxylic acids is 1. The average Bonchev–Trinajstić information content (AvgIpc) is 2.00. The minimum atomic E-state index is -1.09. The summed E-state index contributed by atoms with van der Waals surface area (Å²) in [4.78, 5) is 21.0. The first-order valence-corrected chi connectivity index (χ1v) is 3.28. The number of allylic oxidation sites excluding steroid dienone is 1. The standard InChI is InChI=1S/C7H10N2O3/c1-5(7(11)12)9-6(10)3-2-4-8/h2-5,8H,1H3,(H,9,10)(H,11,12)/b3-2-,8-4?. The normalized spacial score (nSPS) is 12.4. The van der Waals surface area contributed by atoms with Crippen LogP contribution in [0.3, 0.4) is 0 Å². The maximum absolute atomic E-state index is 10.8. The van der Waals surface area contributed by atoms with Crippen molar-refractivity contribution in [2.75, 3.05) is 0 Å². The van der Waals surface area contributed by atoms with Gasteiger partial charge in [0, 0.05) is 12.3 Å². The van der Waals surface area contributed by atoms with Crippen molar-refractivity contribution in [2.24, 2.45) is 0 Å². The van der Waals surface area contributed by atoms with Gasteiger partial charge < -0.3 is 15.8 Å². The first-order valence-electron chi connectivity index (χ1n) is 3.28. The molecule has 0 aliphatic heterocycles. The number of carbonyl (C=O) groups is 2. The SMILES string of the molecule is CC(NC(=O)/C=C\C=N)C(=O)O. The quantitative estimate of drug-likeness (QED) is 0.402. The van der Waals surface area contributed by atoms with Crippen LogP contribution in [0, 0.1) is 5.41 Å². The number of hydrogen-bond acceptors (Lipinski definition) is 3. The Bertz CT molecular complexity index is 223. The van der Waals surface area contributed by atoms with Gasteiger partial charge in [-0.15, -0.1) is 0 Å². The Balaban J connectivity index is 3.92. The minimum Gasteiger partial charge on any atom is -0.480 e. The average molecular weight is 170 g/mol. The van der Waals surface area contributed by atoms with Crippen molar-refractivity contribution in [3.63, 3.8) is 0 Å². The van der Waals surface area contributed by atoms with E-state index in [-0.39, 0.29) is 0 Å². The van der Waals surface area contributed by atoms with Crippen molar-refractivity contribution in [1.82, 2.24) is 5.32 Å². The molecule has 0 rings (SSSR count). The zero-order chi connectivity index (χ0) is 9.56. The third-order valence-corrected chi connectivity index (χ3v) is 1.07. The third-order valence-electron chi connectivity index (χ3n) is 1.07. The monoisotopic (exact) mass is 170 g/mol. The molecule has 66 valence electrons. The van der Waals surface area contributed by atoms with Crippen LogP contribution >= 0.6 is 0 Å². The van der Waals surface area contributed by atoms with E-state index in [0.717, 1.165) is 12.3 Å². The lowest BCUT2D eigenvalue weighted by molar-refractivity contribution is -0.140. The Labute approximate surface area is 69.6 Å². The Hall–Kier alpha value is -1.65. The van der Waals surface area contributed by atoms with Gasteiger partial charge >= 0.3 is 5.97 Å². The van der Waals surface area contributed by atoms with E-state index < -0.39 is 17.9 Å². The third kappa shape index (κ3) is 4.21. The van der Waals surface area contributed by atoms with Crippen LogP contribution in [0.5, 0.6) is 0 Å². The molecule has 0 saturated carbocycles. The van der Waals surface area contributed by atoms with Crippen molar-refractivity contribution < 1.29 is 14.7 Å². The van der Waals surface area contributed by atoms with E-state index >= 15 is 0 Å². The molecule has 12 heavy (non-hydrogen) atoms. The van der Waals surface area contributed by atoms with Gasteiger partial charge in [-0.1, -0.05) is 0 Å². The Morgan fingerprint density at radius 2 is 2.17 bits per heavy atom. The highest BCUT2D eigenvalue weighted by molar-refractivity contribution is 5.93. The molecule has 0 fully saturated rings. The zero-order valence-electron chi connectivity index (χ0n) is 6.57. The van der Waals surface area contributed by atoms with Crippen LogP contribution < -0.4 is 5.32 Å². The summed E-state index contributed by atoms with van der Waals surface area (Å²) in [6, 6.07) is -0.909. The maximum atomic E-state index is 10.8. The molecule has 0 aliphatic carbocycles. The van der Waals surface area contributed by atoms with E-state index in [9.17, 15) is 9.59 Å². The van der Waals surface area contributed by atoms with Crippen LogP contribution in [-0.2, 0) is 9.59 Å². The number of nitrogens with one attached hydrogen (secondary N) is 2. The van der Waals surface area contributed by atoms with Gasteiger partial charge in [-0.25, -0.2) is 0 Å². The van der Waals surface area contributed by atoms with Crippen LogP contribution in [0.1, 0.15) is 6.92 Å². The van der Waals surface area contributed by atoms with E-state index in [1.807, 2.05) is 0 Å². The van der Waals surface area contributed by atoms with Gasteiger partial charge in [-0.05, 0) is 13.0 Å². The molecule has 5 heteroatoms. The van der Waals surface area contributed by atoms with Gasteiger partial charge in [-0.3, -0.25) is 9.59 Å². The number of amides is 1. The molecule has 0 spiro atoms. The van der Waals surface area contributed by atoms with E-state index in [4.69, 9.17) is 10.5 Å². The van der Waals surface area contributed by atoms with Crippen LogP contribution in [0.25, 0.3) is 0 Å². The summed E-state index contributed by atoms with van der Waals surface area (Å²) in [5.74, 6) is -1.61. The van der Waals surface area contributed by atoms with Gasteiger partial charge in [0.1, 0.15) is 6.04 Å². The molecule has 1 unspecified atom stereocenters. The molecule has 0 heterocycles. The lowest BCUT2D eigenvalue weighted by Crippen LogP contribution is -2.37. The molecular formula is C7H10N2O3. The predicted octanol–water partition coefficient (Wildman–Crippen LogP) is -0.219. The molecule has 0 bridgehead atoms. The summed E-state index contributed by atoms with van der Waals surface area (Å²) in [5.41, 5.74) is 0. The molecule has 1 amide bonds. The second-order valence-corrected chi connectivity index (χ2v) is 2.09. The second kappa shape index (κ2) is 5.06. The smallest absolute Gasteiger partial charge is 0.325 e. The number of carboxylic acid groups (broad SMARTS) is 1. The highest BCUT2D eigenvalue weighted by Crippen LogP contribution is 1.81. The van der Waals surface area contributed by atoms with E-state index in [2.05, 4.69) is 5.32 Å². The van der Waals surface area contributed by atoms with Gasteiger partial charge in [0.25, 0.3) is 0 Å². The van der Waals surface area contributed by atoms with E-state index in [1.54, 1.807) is 0 Å². The van der Waals surface area contributed by atoms with E-state index in [1.165, 1.54) is 13.0 Å². The fourth-order valence-electron chi connectivity index (χ4n) is 0.459. The fraction of sp³-hybridized carbons (Fsp3) is 0.286. The van der Waals surface area contributed by atoms with Crippen LogP contribution in [-0.4, -0.2) is 29.2 Å². The predicted molar refractivity (Wildman–Crippen MR) is 43.2 cm³/mol. The first kappa shape index (κ1) is 10.3. The lowest BCUT2D eigenvalue weighted by atomic mass is 10.3. The molecule has 0 aromatic rings. The Kier molecular flexibility index (Phi) is 4.36. The molecule has 5 nitrogen and oxygen atoms in total. The Morgan fingerprint density at radius 1 is 1.58 bits per heavy atom. The summed E-state index contributed by atoms with van der Waals surface area (Å²) in [5, 5.41) is 17.1. The zero-order valence-corrected chi connectivity index (χ0v) is 6.57. The summed E-state index contributed by atoms with van der Waals surface area (Å²) in [6.07, 6.45) is 3.24. The number of aliphatic carboxylic acids is 1. The van der Waals surface area contributed by atoms with Crippen LogP contribution in [0.2, 0.25) is 0 Å². The minimum absolute atomic E-state index is 0.520. The first-order chi connectivity index (χ1) is 5.57. The molecular weight excluding hydrogens is 160 g/mol. The van der Waals surface area contributed by atoms with Gasteiger partial charge in [0.05, 0.1) is 0 Å². The fourth-order valence-corrected chi connectivity index (χ4v) is 0.459. The van der Waals surface area contributed by atoms with Gasteiger partial charge in [-0.2, -0.15) is 0 Å². The number of hydrogen-bond donors (Lipinski definition) is 3. The maximum Gasteiger partial charge on any atom is 0.325 e.